The van der Waals surface area contributed by atoms with Crippen LogP contribution < -0.4 is 10.3 Å². The zero-order valence-corrected chi connectivity index (χ0v) is 13.5. The molecule has 0 atom stereocenters. The van der Waals surface area contributed by atoms with Gasteiger partial charge in [0.25, 0.3) is 5.56 Å². The van der Waals surface area contributed by atoms with Crippen LogP contribution in [0, 0.1) is 5.82 Å². The lowest BCUT2D eigenvalue weighted by atomic mass is 10.2. The summed E-state index contributed by atoms with van der Waals surface area (Å²) in [6.07, 6.45) is 0. The first-order valence-electron chi connectivity index (χ1n) is 7.93. The van der Waals surface area contributed by atoms with Gasteiger partial charge in [0.2, 0.25) is 5.78 Å². The Morgan fingerprint density at radius 1 is 1.08 bits per heavy atom. The highest BCUT2D eigenvalue weighted by molar-refractivity contribution is 5.80. The summed E-state index contributed by atoms with van der Waals surface area (Å²) in [5.41, 5.74) is 0.587. The third-order valence-corrected chi connectivity index (χ3v) is 4.08. The third-order valence-electron chi connectivity index (χ3n) is 4.08. The van der Waals surface area contributed by atoms with Gasteiger partial charge in [-0.15, -0.1) is 10.2 Å². The van der Waals surface area contributed by atoms with E-state index in [4.69, 9.17) is 4.74 Å². The molecule has 6 nitrogen and oxygen atoms in total. The smallest absolute Gasteiger partial charge is 0.262 e. The Hall–Kier alpha value is -3.22. The van der Waals surface area contributed by atoms with Crippen molar-refractivity contribution >= 4 is 16.7 Å². The van der Waals surface area contributed by atoms with Gasteiger partial charge in [-0.1, -0.05) is 24.3 Å². The number of aromatic nitrogens is 4. The van der Waals surface area contributed by atoms with Crippen LogP contribution in [0.3, 0.4) is 0 Å². The van der Waals surface area contributed by atoms with Crippen LogP contribution in [0.4, 0.5) is 4.39 Å². The third kappa shape index (κ3) is 2.44. The molecule has 0 saturated carbocycles. The second-order valence-corrected chi connectivity index (χ2v) is 5.54. The van der Waals surface area contributed by atoms with Crippen molar-refractivity contribution in [1.29, 1.82) is 0 Å². The van der Waals surface area contributed by atoms with Crippen molar-refractivity contribution in [3.63, 3.8) is 0 Å². The standard InChI is InChI=1S/C18H15FN4O2/c1-2-22-17(24)12-7-3-5-9-14(12)23-16(20-21-18(22)23)11-25-15-10-6-4-8-13(15)19/h3-10H,2,11H2,1H3. The molecule has 0 bridgehead atoms. The van der Waals surface area contributed by atoms with Crippen LogP contribution in [0.15, 0.2) is 53.3 Å². The average Bonchev–Trinajstić information content (AvgIpc) is 3.05. The molecule has 0 aliphatic carbocycles. The molecule has 0 radical (unpaired) electrons. The fraction of sp³-hybridized carbons (Fsp3) is 0.167. The number of nitrogens with zero attached hydrogens (tertiary/aromatic N) is 4. The Kier molecular flexibility index (Phi) is 3.68. The first-order valence-corrected chi connectivity index (χ1v) is 7.93. The van der Waals surface area contributed by atoms with Crippen LogP contribution in [0.2, 0.25) is 0 Å². The molecule has 4 aromatic rings. The highest BCUT2D eigenvalue weighted by atomic mass is 19.1. The summed E-state index contributed by atoms with van der Waals surface area (Å²) in [6.45, 7) is 2.38. The number of fused-ring (bicyclic) bond motifs is 3. The lowest BCUT2D eigenvalue weighted by Gasteiger charge is -2.10. The van der Waals surface area contributed by atoms with Crippen LogP contribution >= 0.6 is 0 Å². The molecule has 126 valence electrons. The number of aryl methyl sites for hydroxylation is 1. The second-order valence-electron chi connectivity index (χ2n) is 5.54. The summed E-state index contributed by atoms with van der Waals surface area (Å²) in [7, 11) is 0. The molecule has 4 rings (SSSR count). The number of hydrogen-bond donors (Lipinski definition) is 0. The topological polar surface area (TPSA) is 61.4 Å². The van der Waals surface area contributed by atoms with Crippen molar-refractivity contribution in [3.05, 3.63) is 70.5 Å². The van der Waals surface area contributed by atoms with Crippen molar-refractivity contribution < 1.29 is 9.13 Å². The van der Waals surface area contributed by atoms with Crippen molar-refractivity contribution in [1.82, 2.24) is 19.2 Å². The van der Waals surface area contributed by atoms with E-state index in [0.29, 0.717) is 29.0 Å². The Labute approximate surface area is 142 Å². The molecule has 0 aliphatic rings. The normalized spacial score (nSPS) is 11.3. The van der Waals surface area contributed by atoms with Crippen molar-refractivity contribution in [2.24, 2.45) is 0 Å². The van der Waals surface area contributed by atoms with Crippen LogP contribution in [-0.4, -0.2) is 19.2 Å². The summed E-state index contributed by atoms with van der Waals surface area (Å²) in [5.74, 6) is 0.647. The fourth-order valence-electron chi connectivity index (χ4n) is 2.90. The van der Waals surface area contributed by atoms with E-state index in [9.17, 15) is 9.18 Å². The molecular weight excluding hydrogens is 323 g/mol. The fourth-order valence-corrected chi connectivity index (χ4v) is 2.90. The summed E-state index contributed by atoms with van der Waals surface area (Å²) >= 11 is 0. The zero-order chi connectivity index (χ0) is 17.4. The van der Waals surface area contributed by atoms with Crippen molar-refractivity contribution in [2.45, 2.75) is 20.1 Å². The Morgan fingerprint density at radius 2 is 1.84 bits per heavy atom. The molecule has 2 aromatic carbocycles. The minimum atomic E-state index is -0.438. The van der Waals surface area contributed by atoms with Gasteiger partial charge in [-0.25, -0.2) is 4.39 Å². The van der Waals surface area contributed by atoms with Gasteiger partial charge in [0.1, 0.15) is 6.61 Å². The molecule has 0 aliphatic heterocycles. The predicted molar refractivity (Wildman–Crippen MR) is 91.2 cm³/mol. The van der Waals surface area contributed by atoms with Gasteiger partial charge >= 0.3 is 0 Å². The van der Waals surface area contributed by atoms with Gasteiger partial charge in [-0.2, -0.15) is 0 Å². The number of rotatable bonds is 4. The molecule has 0 spiro atoms. The molecule has 0 amide bonds. The lowest BCUT2D eigenvalue weighted by Crippen LogP contribution is -2.22. The molecule has 0 saturated heterocycles. The molecule has 0 unspecified atom stereocenters. The Morgan fingerprint density at radius 3 is 2.64 bits per heavy atom. The molecule has 0 fully saturated rings. The monoisotopic (exact) mass is 338 g/mol. The Balaban J connectivity index is 1.87. The van der Waals surface area contributed by atoms with Gasteiger partial charge < -0.3 is 4.74 Å². The average molecular weight is 338 g/mol. The van der Waals surface area contributed by atoms with Gasteiger partial charge in [-0.3, -0.25) is 13.8 Å². The van der Waals surface area contributed by atoms with E-state index < -0.39 is 5.82 Å². The summed E-state index contributed by atoms with van der Waals surface area (Å²) in [6, 6.07) is 13.4. The van der Waals surface area contributed by atoms with Crippen LogP contribution in [-0.2, 0) is 13.2 Å². The molecule has 2 aromatic heterocycles. The Bertz CT molecular complexity index is 1130. The summed E-state index contributed by atoms with van der Waals surface area (Å²) in [4.78, 5) is 12.6. The van der Waals surface area contributed by atoms with E-state index in [1.807, 2.05) is 25.1 Å². The maximum absolute atomic E-state index is 13.7. The summed E-state index contributed by atoms with van der Waals surface area (Å²) in [5, 5.41) is 8.86. The van der Waals surface area contributed by atoms with Gasteiger partial charge in [0, 0.05) is 6.54 Å². The molecule has 25 heavy (non-hydrogen) atoms. The SMILES string of the molecule is CCn1c(=O)c2ccccc2n2c(COc3ccccc3F)nnc12. The largest absolute Gasteiger partial charge is 0.483 e. The van der Waals surface area contributed by atoms with E-state index in [-0.39, 0.29) is 17.9 Å². The van der Waals surface area contributed by atoms with E-state index in [1.165, 1.54) is 6.07 Å². The maximum Gasteiger partial charge on any atom is 0.262 e. The lowest BCUT2D eigenvalue weighted by molar-refractivity contribution is 0.280. The van der Waals surface area contributed by atoms with Crippen LogP contribution in [0.25, 0.3) is 16.7 Å². The maximum atomic E-state index is 13.7. The van der Waals surface area contributed by atoms with Crippen molar-refractivity contribution in [3.8, 4) is 5.75 Å². The van der Waals surface area contributed by atoms with Crippen LogP contribution in [0.5, 0.6) is 5.75 Å². The number of ether oxygens (including phenoxy) is 1. The molecule has 2 heterocycles. The summed E-state index contributed by atoms with van der Waals surface area (Å²) < 4.78 is 22.6. The van der Waals surface area contributed by atoms with Gasteiger partial charge in [-0.05, 0) is 31.2 Å². The first kappa shape index (κ1) is 15.3. The molecule has 7 heteroatoms. The van der Waals surface area contributed by atoms with Gasteiger partial charge in [0.05, 0.1) is 10.9 Å². The number of benzene rings is 2. The van der Waals surface area contributed by atoms with E-state index in [1.54, 1.807) is 33.2 Å². The highest BCUT2D eigenvalue weighted by Gasteiger charge is 2.16. The van der Waals surface area contributed by atoms with E-state index in [0.717, 1.165) is 0 Å². The predicted octanol–water partition coefficient (Wildman–Crippen LogP) is 2.78. The molecule has 0 N–H and O–H groups in total. The van der Waals surface area contributed by atoms with Crippen LogP contribution in [0.1, 0.15) is 12.7 Å². The number of hydrogen-bond acceptors (Lipinski definition) is 4. The number of para-hydroxylation sites is 2. The van der Waals surface area contributed by atoms with Gasteiger partial charge in [0.15, 0.2) is 17.4 Å². The molecular formula is C18H15FN4O2. The minimum absolute atomic E-state index is 0.0357. The van der Waals surface area contributed by atoms with E-state index >= 15 is 0 Å². The van der Waals surface area contributed by atoms with Crippen molar-refractivity contribution in [2.75, 3.05) is 0 Å². The quantitative estimate of drug-likeness (QED) is 0.574. The highest BCUT2D eigenvalue weighted by Crippen LogP contribution is 2.19. The minimum Gasteiger partial charge on any atom is -0.483 e. The second kappa shape index (κ2) is 6.01. The zero-order valence-electron chi connectivity index (χ0n) is 13.5. The first-order chi connectivity index (χ1) is 12.2. The van der Waals surface area contributed by atoms with E-state index in [2.05, 4.69) is 10.2 Å². The number of halogens is 1.